The highest BCUT2D eigenvalue weighted by atomic mass is 79.9. The van der Waals surface area contributed by atoms with Gasteiger partial charge in [0, 0.05) is 16.1 Å². The molecule has 0 radical (unpaired) electrons. The van der Waals surface area contributed by atoms with Crippen LogP contribution in [-0.2, 0) is 15.7 Å². The minimum Gasteiger partial charge on any atom is -0.444 e. The topological polar surface area (TPSA) is 96.5 Å². The van der Waals surface area contributed by atoms with Crippen molar-refractivity contribution in [2.45, 2.75) is 42.8 Å². The maximum absolute atomic E-state index is 15.1. The Hall–Kier alpha value is -3.13. The zero-order valence-electron chi connectivity index (χ0n) is 23.3. The van der Waals surface area contributed by atoms with E-state index >= 15 is 4.39 Å². The molecule has 3 amide bonds. The van der Waals surface area contributed by atoms with Crippen LogP contribution in [0.1, 0.15) is 48.2 Å². The number of halogens is 9. The summed E-state index contributed by atoms with van der Waals surface area (Å²) >= 11 is 21.6. The van der Waals surface area contributed by atoms with Gasteiger partial charge in [-0.3, -0.25) is 14.9 Å². The fraction of sp³-hybridized carbons (Fsp3) is 0.276. The summed E-state index contributed by atoms with van der Waals surface area (Å²) in [6, 6.07) is 8.87. The van der Waals surface area contributed by atoms with Gasteiger partial charge in [-0.2, -0.15) is 13.2 Å². The Kier molecular flexibility index (Phi) is 9.71. The summed E-state index contributed by atoms with van der Waals surface area (Å²) in [5.74, 6) is -6.29. The van der Waals surface area contributed by atoms with E-state index in [1.165, 1.54) is 24.3 Å². The van der Waals surface area contributed by atoms with Crippen molar-refractivity contribution >= 4 is 85.7 Å². The third-order valence-electron chi connectivity index (χ3n) is 6.43. The molecule has 0 spiro atoms. The molecule has 0 aromatic heterocycles. The summed E-state index contributed by atoms with van der Waals surface area (Å²) in [6.07, 6.45) is -5.80. The maximum Gasteiger partial charge on any atom is 0.417 e. The molecule has 4 rings (SSSR count). The number of rotatable bonds is 6. The molecule has 0 bridgehead atoms. The number of amides is 3. The minimum absolute atomic E-state index is 0.0305. The molecule has 7 nitrogen and oxygen atoms in total. The second-order valence-corrected chi connectivity index (χ2v) is 13.6. The molecule has 3 aromatic rings. The van der Waals surface area contributed by atoms with Crippen LogP contribution in [0.3, 0.4) is 0 Å². The van der Waals surface area contributed by atoms with Crippen molar-refractivity contribution in [1.29, 1.82) is 0 Å². The van der Waals surface area contributed by atoms with Crippen LogP contribution in [-0.4, -0.2) is 27.8 Å². The number of anilines is 3. The Morgan fingerprint density at radius 3 is 2.22 bits per heavy atom. The number of hydrogen-bond acceptors (Lipinski definition) is 4. The van der Waals surface area contributed by atoms with Gasteiger partial charge in [0.2, 0.25) is 5.91 Å². The van der Waals surface area contributed by atoms with Crippen molar-refractivity contribution in [3.05, 3.63) is 86.4 Å². The van der Waals surface area contributed by atoms with Gasteiger partial charge in [-0.1, -0.05) is 33.6 Å². The van der Waals surface area contributed by atoms with Crippen LogP contribution in [0.25, 0.3) is 0 Å². The van der Waals surface area contributed by atoms with Crippen LogP contribution in [0, 0.1) is 17.6 Å². The molecule has 1 fully saturated rings. The number of carbonyl (C=O) groups excluding carboxylic acids is 3. The van der Waals surface area contributed by atoms with Crippen molar-refractivity contribution in [3.8, 4) is 0 Å². The lowest BCUT2D eigenvalue weighted by molar-refractivity contribution is -0.138. The number of alkyl halides is 5. The molecular formula is C29H22BrCl3F5N3O4. The molecular weight excluding hydrogens is 736 g/mol. The molecule has 1 saturated carbocycles. The number of benzene rings is 3. The predicted octanol–water partition coefficient (Wildman–Crippen LogP) is 9.52. The molecule has 0 aliphatic heterocycles. The summed E-state index contributed by atoms with van der Waals surface area (Å²) in [4.78, 5) is 38.2. The summed E-state index contributed by atoms with van der Waals surface area (Å²) in [5, 5.41) is 6.59. The van der Waals surface area contributed by atoms with E-state index < -0.39 is 74.4 Å². The second-order valence-electron chi connectivity index (χ2n) is 10.9. The Morgan fingerprint density at radius 2 is 1.60 bits per heavy atom. The first-order valence-electron chi connectivity index (χ1n) is 12.8. The van der Waals surface area contributed by atoms with E-state index in [0.29, 0.717) is 0 Å². The van der Waals surface area contributed by atoms with Gasteiger partial charge < -0.3 is 15.4 Å². The Balaban J connectivity index is 1.51. The highest BCUT2D eigenvalue weighted by Gasteiger charge is 2.67. The van der Waals surface area contributed by atoms with Gasteiger partial charge in [0.1, 0.15) is 21.4 Å². The zero-order chi connectivity index (χ0) is 33.6. The fourth-order valence-corrected chi connectivity index (χ4v) is 5.88. The van der Waals surface area contributed by atoms with E-state index in [1.54, 1.807) is 20.8 Å². The van der Waals surface area contributed by atoms with Crippen molar-refractivity contribution in [2.75, 3.05) is 16.0 Å². The van der Waals surface area contributed by atoms with Gasteiger partial charge in [-0.15, -0.1) is 23.2 Å². The summed E-state index contributed by atoms with van der Waals surface area (Å²) in [5.41, 5.74) is -3.42. The normalized spacial score (nSPS) is 17.3. The molecule has 3 N–H and O–H groups in total. The van der Waals surface area contributed by atoms with Gasteiger partial charge in [0.15, 0.2) is 5.82 Å². The SMILES string of the molecule is CC(C)(C)OC(=O)Nc1c(F)ccc(NC(=O)c2cc(NC(=O)[C@H]3[C@H](c4ccc(Br)c(C(F)(F)F)c4)C3(Cl)Cl)ccc2Cl)c1F. The summed E-state index contributed by atoms with van der Waals surface area (Å²) in [7, 11) is 0. The molecule has 240 valence electrons. The molecule has 1 aliphatic rings. The highest BCUT2D eigenvalue weighted by Crippen LogP contribution is 2.65. The molecule has 0 unspecified atom stereocenters. The van der Waals surface area contributed by atoms with Crippen LogP contribution < -0.4 is 16.0 Å². The van der Waals surface area contributed by atoms with Crippen LogP contribution in [0.4, 0.5) is 43.8 Å². The molecule has 45 heavy (non-hydrogen) atoms. The Labute approximate surface area is 276 Å². The molecule has 3 aromatic carbocycles. The van der Waals surface area contributed by atoms with Crippen LogP contribution in [0.2, 0.25) is 5.02 Å². The first kappa shape index (κ1) is 34.7. The minimum atomic E-state index is -4.67. The lowest BCUT2D eigenvalue weighted by Gasteiger charge is -2.20. The summed E-state index contributed by atoms with van der Waals surface area (Å²) < 4.78 is 72.7. The van der Waals surface area contributed by atoms with E-state index in [2.05, 4.69) is 26.6 Å². The van der Waals surface area contributed by atoms with E-state index in [-0.39, 0.29) is 26.3 Å². The van der Waals surface area contributed by atoms with E-state index in [4.69, 9.17) is 39.5 Å². The zero-order valence-corrected chi connectivity index (χ0v) is 27.2. The molecule has 16 heteroatoms. The smallest absolute Gasteiger partial charge is 0.417 e. The molecule has 1 aliphatic carbocycles. The van der Waals surface area contributed by atoms with E-state index in [0.717, 1.165) is 24.3 Å². The maximum atomic E-state index is 15.1. The average molecular weight is 758 g/mol. The monoisotopic (exact) mass is 755 g/mol. The summed E-state index contributed by atoms with van der Waals surface area (Å²) in [6.45, 7) is 4.66. The molecule has 0 heterocycles. The lowest BCUT2D eigenvalue weighted by atomic mass is 10.0. The Bertz CT molecular complexity index is 1700. The van der Waals surface area contributed by atoms with E-state index in [9.17, 15) is 31.9 Å². The molecule has 2 atom stereocenters. The second kappa shape index (κ2) is 12.6. The predicted molar refractivity (Wildman–Crippen MR) is 164 cm³/mol. The number of carbonyl (C=O) groups is 3. The van der Waals surface area contributed by atoms with Gasteiger partial charge >= 0.3 is 12.3 Å². The van der Waals surface area contributed by atoms with Crippen LogP contribution in [0.5, 0.6) is 0 Å². The fourth-order valence-electron chi connectivity index (χ4n) is 4.38. The Morgan fingerprint density at radius 1 is 0.933 bits per heavy atom. The van der Waals surface area contributed by atoms with E-state index in [1.807, 2.05) is 5.32 Å². The van der Waals surface area contributed by atoms with Gasteiger partial charge in [-0.25, -0.2) is 13.6 Å². The first-order valence-corrected chi connectivity index (χ1v) is 14.8. The van der Waals surface area contributed by atoms with Gasteiger partial charge in [0.05, 0.1) is 27.8 Å². The molecule has 0 saturated heterocycles. The van der Waals surface area contributed by atoms with Crippen molar-refractivity contribution in [1.82, 2.24) is 0 Å². The average Bonchev–Trinajstić information content (AvgIpc) is 3.49. The van der Waals surface area contributed by atoms with Crippen molar-refractivity contribution < 1.29 is 41.1 Å². The highest BCUT2D eigenvalue weighted by molar-refractivity contribution is 9.10. The third-order valence-corrected chi connectivity index (χ3v) is 8.40. The first-order chi connectivity index (χ1) is 20.7. The van der Waals surface area contributed by atoms with Crippen molar-refractivity contribution in [2.24, 2.45) is 5.92 Å². The number of nitrogens with one attached hydrogen (secondary N) is 3. The van der Waals surface area contributed by atoms with Crippen LogP contribution in [0.15, 0.2) is 53.0 Å². The number of hydrogen-bond donors (Lipinski definition) is 3. The van der Waals surface area contributed by atoms with Crippen molar-refractivity contribution in [3.63, 3.8) is 0 Å². The third kappa shape index (κ3) is 7.82. The van der Waals surface area contributed by atoms with Gasteiger partial charge in [0.25, 0.3) is 5.91 Å². The largest absolute Gasteiger partial charge is 0.444 e. The quantitative estimate of drug-likeness (QED) is 0.173. The van der Waals surface area contributed by atoms with Gasteiger partial charge in [-0.05, 0) is 68.8 Å². The standard InChI is InChI=1S/C29H22BrCl3F5N3O4/c1-27(2,3)45-26(44)41-23-18(34)8-9-19(22(23)35)40-24(42)14-11-13(5-7-17(14)31)39-25(43)21-20(28(21,32)33)12-4-6-16(30)15(10-12)29(36,37)38/h4-11,20-21H,1-3H3,(H,39,43)(H,40,42)(H,41,44)/t20-,21+/m0/s1. The van der Waals surface area contributed by atoms with Crippen LogP contribution >= 0.6 is 50.7 Å². The number of ether oxygens (including phenoxy) is 1. The lowest BCUT2D eigenvalue weighted by Crippen LogP contribution is -2.28.